The highest BCUT2D eigenvalue weighted by molar-refractivity contribution is 5.96. The summed E-state index contributed by atoms with van der Waals surface area (Å²) in [6, 6.07) is 3.65. The van der Waals surface area contributed by atoms with Gasteiger partial charge >= 0.3 is 0 Å². The molecular weight excluding hydrogens is 164 g/mol. The average molecular weight is 178 g/mol. The molecule has 3 N–H and O–H groups in total. The molecule has 13 heavy (non-hydrogen) atoms. The maximum absolute atomic E-state index is 11.0. The van der Waals surface area contributed by atoms with Crippen LogP contribution in [0.1, 0.15) is 21.5 Å². The monoisotopic (exact) mass is 178 g/mol. The zero-order valence-electron chi connectivity index (χ0n) is 8.14. The fourth-order valence-electron chi connectivity index (χ4n) is 1.50. The van der Waals surface area contributed by atoms with Crippen molar-refractivity contribution in [2.24, 2.45) is 5.73 Å². The van der Waals surface area contributed by atoms with E-state index in [0.717, 1.165) is 16.8 Å². The van der Waals surface area contributed by atoms with Crippen LogP contribution >= 0.6 is 0 Å². The van der Waals surface area contributed by atoms with E-state index in [4.69, 9.17) is 5.73 Å². The molecule has 0 aliphatic rings. The molecule has 0 saturated carbocycles. The number of aryl methyl sites for hydroxylation is 1. The highest BCUT2D eigenvalue weighted by atomic mass is 16.1. The number of rotatable bonds is 2. The molecule has 0 unspecified atom stereocenters. The molecule has 0 saturated heterocycles. The zero-order chi connectivity index (χ0) is 10.0. The van der Waals surface area contributed by atoms with Crippen molar-refractivity contribution in [1.82, 2.24) is 0 Å². The van der Waals surface area contributed by atoms with Crippen molar-refractivity contribution < 1.29 is 4.79 Å². The predicted molar refractivity (Wildman–Crippen MR) is 54.0 cm³/mol. The third kappa shape index (κ3) is 1.64. The minimum atomic E-state index is -0.381. The SMILES string of the molecule is CNc1c(C)ccc(C(N)=O)c1C. The standard InChI is InChI=1S/C10H14N2O/c1-6-4-5-8(10(11)13)7(2)9(6)12-3/h4-5,12H,1-3H3,(H2,11,13). The molecule has 3 heteroatoms. The van der Waals surface area contributed by atoms with E-state index < -0.39 is 0 Å². The number of carbonyl (C=O) groups is 1. The Hall–Kier alpha value is -1.51. The van der Waals surface area contributed by atoms with Crippen molar-refractivity contribution >= 4 is 11.6 Å². The highest BCUT2D eigenvalue weighted by Crippen LogP contribution is 2.22. The van der Waals surface area contributed by atoms with E-state index in [9.17, 15) is 4.79 Å². The van der Waals surface area contributed by atoms with Crippen LogP contribution in [0.5, 0.6) is 0 Å². The quantitative estimate of drug-likeness (QED) is 0.720. The van der Waals surface area contributed by atoms with Crippen molar-refractivity contribution in [1.29, 1.82) is 0 Å². The van der Waals surface area contributed by atoms with Crippen LogP contribution in [0.3, 0.4) is 0 Å². The van der Waals surface area contributed by atoms with Gasteiger partial charge in [-0.25, -0.2) is 0 Å². The normalized spacial score (nSPS) is 9.77. The molecule has 1 rings (SSSR count). The molecule has 3 nitrogen and oxygen atoms in total. The van der Waals surface area contributed by atoms with Gasteiger partial charge in [-0.05, 0) is 31.0 Å². The van der Waals surface area contributed by atoms with E-state index in [0.29, 0.717) is 5.56 Å². The molecule has 0 bridgehead atoms. The summed E-state index contributed by atoms with van der Waals surface area (Å²) in [4.78, 5) is 11.0. The average Bonchev–Trinajstić information content (AvgIpc) is 2.04. The molecule has 0 aromatic heterocycles. The molecule has 1 aromatic rings. The fourth-order valence-corrected chi connectivity index (χ4v) is 1.50. The summed E-state index contributed by atoms with van der Waals surface area (Å²) in [6.07, 6.45) is 0. The molecule has 0 atom stereocenters. The Kier molecular flexibility index (Phi) is 2.56. The Morgan fingerprint density at radius 1 is 1.38 bits per heavy atom. The first kappa shape index (κ1) is 9.58. The Morgan fingerprint density at radius 3 is 2.46 bits per heavy atom. The van der Waals surface area contributed by atoms with Gasteiger partial charge in [-0.1, -0.05) is 6.07 Å². The van der Waals surface area contributed by atoms with E-state index >= 15 is 0 Å². The number of primary amides is 1. The van der Waals surface area contributed by atoms with Gasteiger partial charge in [0.25, 0.3) is 0 Å². The summed E-state index contributed by atoms with van der Waals surface area (Å²) in [5.41, 5.74) is 8.81. The molecule has 70 valence electrons. The van der Waals surface area contributed by atoms with Crippen LogP contribution in [0.2, 0.25) is 0 Å². The second kappa shape index (κ2) is 3.47. The minimum absolute atomic E-state index is 0.381. The number of carbonyl (C=O) groups excluding carboxylic acids is 1. The van der Waals surface area contributed by atoms with Crippen LogP contribution in [0.25, 0.3) is 0 Å². The minimum Gasteiger partial charge on any atom is -0.388 e. The number of hydrogen-bond donors (Lipinski definition) is 2. The van der Waals surface area contributed by atoms with Crippen LogP contribution in [0.4, 0.5) is 5.69 Å². The third-order valence-corrected chi connectivity index (χ3v) is 2.19. The molecule has 0 aliphatic heterocycles. The third-order valence-electron chi connectivity index (χ3n) is 2.19. The van der Waals surface area contributed by atoms with E-state index in [2.05, 4.69) is 5.32 Å². The van der Waals surface area contributed by atoms with Gasteiger partial charge in [-0.2, -0.15) is 0 Å². The summed E-state index contributed by atoms with van der Waals surface area (Å²) in [7, 11) is 1.83. The van der Waals surface area contributed by atoms with Crippen molar-refractivity contribution in [3.63, 3.8) is 0 Å². The predicted octanol–water partition coefficient (Wildman–Crippen LogP) is 1.44. The number of anilines is 1. The Balaban J connectivity index is 3.35. The van der Waals surface area contributed by atoms with Crippen LogP contribution in [0.15, 0.2) is 12.1 Å². The second-order valence-electron chi connectivity index (χ2n) is 3.04. The molecule has 1 amide bonds. The maximum Gasteiger partial charge on any atom is 0.249 e. The number of amides is 1. The van der Waals surface area contributed by atoms with Crippen molar-refractivity contribution in [2.75, 3.05) is 12.4 Å². The summed E-state index contributed by atoms with van der Waals surface area (Å²) in [6.45, 7) is 3.88. The van der Waals surface area contributed by atoms with Gasteiger partial charge < -0.3 is 11.1 Å². The lowest BCUT2D eigenvalue weighted by Crippen LogP contribution is -2.13. The van der Waals surface area contributed by atoms with E-state index in [-0.39, 0.29) is 5.91 Å². The molecule has 1 aromatic carbocycles. The second-order valence-corrected chi connectivity index (χ2v) is 3.04. The van der Waals surface area contributed by atoms with E-state index in [1.807, 2.05) is 27.0 Å². The molecular formula is C10H14N2O. The summed E-state index contributed by atoms with van der Waals surface area (Å²) in [5.74, 6) is -0.381. The largest absolute Gasteiger partial charge is 0.388 e. The lowest BCUT2D eigenvalue weighted by atomic mass is 10.0. The van der Waals surface area contributed by atoms with Gasteiger partial charge in [0.1, 0.15) is 0 Å². The maximum atomic E-state index is 11.0. The first-order chi connectivity index (χ1) is 6.07. The molecule has 0 heterocycles. The van der Waals surface area contributed by atoms with Gasteiger partial charge in [-0.15, -0.1) is 0 Å². The highest BCUT2D eigenvalue weighted by Gasteiger charge is 2.09. The number of nitrogens with one attached hydrogen (secondary N) is 1. The van der Waals surface area contributed by atoms with Crippen LogP contribution in [-0.2, 0) is 0 Å². The number of benzene rings is 1. The van der Waals surface area contributed by atoms with Crippen LogP contribution in [0, 0.1) is 13.8 Å². The van der Waals surface area contributed by atoms with Crippen LogP contribution in [-0.4, -0.2) is 13.0 Å². The number of hydrogen-bond acceptors (Lipinski definition) is 2. The first-order valence-corrected chi connectivity index (χ1v) is 4.15. The summed E-state index contributed by atoms with van der Waals surface area (Å²) < 4.78 is 0. The van der Waals surface area contributed by atoms with E-state index in [1.54, 1.807) is 6.07 Å². The van der Waals surface area contributed by atoms with Gasteiger partial charge in [-0.3, -0.25) is 4.79 Å². The molecule has 0 spiro atoms. The number of nitrogens with two attached hydrogens (primary N) is 1. The van der Waals surface area contributed by atoms with E-state index in [1.165, 1.54) is 0 Å². The Morgan fingerprint density at radius 2 is 2.00 bits per heavy atom. The Bertz CT molecular complexity index is 345. The van der Waals surface area contributed by atoms with Gasteiger partial charge in [0.05, 0.1) is 0 Å². The lowest BCUT2D eigenvalue weighted by molar-refractivity contribution is 0.1000. The topological polar surface area (TPSA) is 55.1 Å². The van der Waals surface area contributed by atoms with Gasteiger partial charge in [0, 0.05) is 18.3 Å². The van der Waals surface area contributed by atoms with Crippen molar-refractivity contribution in [3.05, 3.63) is 28.8 Å². The summed E-state index contributed by atoms with van der Waals surface area (Å²) >= 11 is 0. The first-order valence-electron chi connectivity index (χ1n) is 4.15. The molecule has 0 fully saturated rings. The van der Waals surface area contributed by atoms with Crippen molar-refractivity contribution in [3.8, 4) is 0 Å². The van der Waals surface area contributed by atoms with Gasteiger partial charge in [0.15, 0.2) is 0 Å². The Labute approximate surface area is 77.9 Å². The fraction of sp³-hybridized carbons (Fsp3) is 0.300. The smallest absolute Gasteiger partial charge is 0.249 e. The zero-order valence-corrected chi connectivity index (χ0v) is 8.14. The molecule has 0 aliphatic carbocycles. The lowest BCUT2D eigenvalue weighted by Gasteiger charge is -2.11. The van der Waals surface area contributed by atoms with Crippen molar-refractivity contribution in [2.45, 2.75) is 13.8 Å². The molecule has 0 radical (unpaired) electrons. The van der Waals surface area contributed by atoms with Crippen LogP contribution < -0.4 is 11.1 Å². The van der Waals surface area contributed by atoms with Gasteiger partial charge in [0.2, 0.25) is 5.91 Å². The summed E-state index contributed by atoms with van der Waals surface area (Å²) in [5, 5.41) is 3.05.